The molecule has 3 heteroatoms. The Kier molecular flexibility index (Phi) is 4.80. The Hall–Kier alpha value is -1.80. The Morgan fingerprint density at radius 2 is 1.60 bits per heavy atom. The molecule has 0 atom stereocenters. The molecule has 0 radical (unpaired) electrons. The lowest BCUT2D eigenvalue weighted by Gasteiger charge is -2.25. The number of carbonyl (C=O) groups is 1. The zero-order chi connectivity index (χ0) is 14.5. The van der Waals surface area contributed by atoms with Crippen LogP contribution >= 0.6 is 11.6 Å². The molecule has 0 bridgehead atoms. The summed E-state index contributed by atoms with van der Waals surface area (Å²) in [6, 6.07) is 16.0. The van der Waals surface area contributed by atoms with Crippen molar-refractivity contribution in [1.82, 2.24) is 0 Å². The van der Waals surface area contributed by atoms with E-state index in [0.29, 0.717) is 6.54 Å². The number of aryl methyl sites for hydroxylation is 2. The second kappa shape index (κ2) is 6.58. The van der Waals surface area contributed by atoms with Gasteiger partial charge in [-0.05, 0) is 30.5 Å². The molecule has 1 amide bonds. The van der Waals surface area contributed by atoms with Gasteiger partial charge in [0.15, 0.2) is 0 Å². The van der Waals surface area contributed by atoms with Crippen LogP contribution in [0.3, 0.4) is 0 Å². The van der Waals surface area contributed by atoms with Gasteiger partial charge in [0.1, 0.15) is 5.88 Å². The highest BCUT2D eigenvalue weighted by atomic mass is 35.5. The van der Waals surface area contributed by atoms with E-state index in [2.05, 4.69) is 0 Å². The Morgan fingerprint density at radius 3 is 2.15 bits per heavy atom. The Labute approximate surface area is 125 Å². The lowest BCUT2D eigenvalue weighted by Crippen LogP contribution is -2.32. The van der Waals surface area contributed by atoms with Crippen LogP contribution in [0.4, 0.5) is 5.69 Å². The first kappa shape index (κ1) is 14.6. The highest BCUT2D eigenvalue weighted by Crippen LogP contribution is 2.26. The van der Waals surface area contributed by atoms with E-state index in [1.807, 2.05) is 62.4 Å². The molecule has 0 spiro atoms. The number of rotatable bonds is 4. The number of alkyl halides is 1. The molecule has 2 rings (SSSR count). The number of halogens is 1. The van der Waals surface area contributed by atoms with E-state index in [4.69, 9.17) is 11.6 Å². The fourth-order valence-electron chi connectivity index (χ4n) is 2.36. The molecule has 0 aliphatic heterocycles. The van der Waals surface area contributed by atoms with Gasteiger partial charge in [-0.3, -0.25) is 4.79 Å². The lowest BCUT2D eigenvalue weighted by molar-refractivity contribution is -0.116. The van der Waals surface area contributed by atoms with E-state index in [9.17, 15) is 4.79 Å². The van der Waals surface area contributed by atoms with E-state index < -0.39 is 0 Å². The van der Waals surface area contributed by atoms with Gasteiger partial charge in [-0.25, -0.2) is 0 Å². The topological polar surface area (TPSA) is 20.3 Å². The maximum Gasteiger partial charge on any atom is 0.242 e. The van der Waals surface area contributed by atoms with Gasteiger partial charge in [-0.1, -0.05) is 48.5 Å². The van der Waals surface area contributed by atoms with Crippen LogP contribution in [0.5, 0.6) is 0 Å². The van der Waals surface area contributed by atoms with Crippen molar-refractivity contribution in [3.05, 3.63) is 65.2 Å². The number of carbonyl (C=O) groups excluding carboxylic acids is 1. The monoisotopic (exact) mass is 287 g/mol. The van der Waals surface area contributed by atoms with Crippen LogP contribution in [0.2, 0.25) is 0 Å². The van der Waals surface area contributed by atoms with Crippen molar-refractivity contribution in [2.24, 2.45) is 0 Å². The first-order chi connectivity index (χ1) is 9.63. The number of amides is 1. The molecular formula is C17H18ClNO. The molecule has 2 aromatic rings. The van der Waals surface area contributed by atoms with Crippen molar-refractivity contribution in [2.75, 3.05) is 10.8 Å². The van der Waals surface area contributed by atoms with Crippen molar-refractivity contribution in [3.8, 4) is 0 Å². The van der Waals surface area contributed by atoms with Crippen LogP contribution in [0.15, 0.2) is 48.5 Å². The summed E-state index contributed by atoms with van der Waals surface area (Å²) >= 11 is 5.78. The quantitative estimate of drug-likeness (QED) is 0.776. The third-order valence-corrected chi connectivity index (χ3v) is 3.54. The normalized spacial score (nSPS) is 10.3. The second-order valence-electron chi connectivity index (χ2n) is 4.84. The van der Waals surface area contributed by atoms with Crippen LogP contribution in [0.1, 0.15) is 16.7 Å². The average molecular weight is 288 g/mol. The zero-order valence-electron chi connectivity index (χ0n) is 11.8. The smallest absolute Gasteiger partial charge is 0.242 e. The molecule has 0 saturated heterocycles. The predicted molar refractivity (Wildman–Crippen MR) is 84.3 cm³/mol. The van der Waals surface area contributed by atoms with Crippen LogP contribution < -0.4 is 4.90 Å². The van der Waals surface area contributed by atoms with Crippen molar-refractivity contribution in [3.63, 3.8) is 0 Å². The van der Waals surface area contributed by atoms with Gasteiger partial charge in [-0.15, -0.1) is 11.6 Å². The molecule has 20 heavy (non-hydrogen) atoms. The average Bonchev–Trinajstić information content (AvgIpc) is 2.46. The first-order valence-electron chi connectivity index (χ1n) is 6.60. The number of nitrogens with zero attached hydrogens (tertiary/aromatic N) is 1. The van der Waals surface area contributed by atoms with E-state index in [0.717, 1.165) is 22.4 Å². The third kappa shape index (κ3) is 3.20. The fourth-order valence-corrected chi connectivity index (χ4v) is 2.51. The summed E-state index contributed by atoms with van der Waals surface area (Å²) in [4.78, 5) is 14.0. The molecule has 0 unspecified atom stereocenters. The summed E-state index contributed by atoms with van der Waals surface area (Å²) in [5, 5.41) is 0. The van der Waals surface area contributed by atoms with E-state index >= 15 is 0 Å². The molecule has 0 saturated carbocycles. The third-order valence-electron chi connectivity index (χ3n) is 3.31. The lowest BCUT2D eigenvalue weighted by atomic mass is 10.1. The molecule has 2 aromatic carbocycles. The number of hydrogen-bond donors (Lipinski definition) is 0. The molecule has 0 N–H and O–H groups in total. The number of benzene rings is 2. The number of hydrogen-bond acceptors (Lipinski definition) is 1. The zero-order valence-corrected chi connectivity index (χ0v) is 12.5. The highest BCUT2D eigenvalue weighted by Gasteiger charge is 2.18. The van der Waals surface area contributed by atoms with Crippen LogP contribution in [0, 0.1) is 13.8 Å². The van der Waals surface area contributed by atoms with E-state index in [1.54, 1.807) is 4.90 Å². The van der Waals surface area contributed by atoms with Gasteiger partial charge in [0.05, 0.1) is 6.54 Å². The summed E-state index contributed by atoms with van der Waals surface area (Å²) in [5.41, 5.74) is 4.22. The summed E-state index contributed by atoms with van der Waals surface area (Å²) in [6.07, 6.45) is 0. The minimum Gasteiger partial charge on any atom is -0.306 e. The van der Waals surface area contributed by atoms with Crippen LogP contribution in [0.25, 0.3) is 0 Å². The minimum atomic E-state index is -0.0760. The van der Waals surface area contributed by atoms with Gasteiger partial charge in [0, 0.05) is 5.69 Å². The molecule has 0 aromatic heterocycles. The summed E-state index contributed by atoms with van der Waals surface area (Å²) in [6.45, 7) is 4.57. The fraction of sp³-hybridized carbons (Fsp3) is 0.235. The first-order valence-corrected chi connectivity index (χ1v) is 7.13. The Balaban J connectivity index is 2.41. The predicted octanol–water partition coefficient (Wildman–Crippen LogP) is 4.08. The van der Waals surface area contributed by atoms with Gasteiger partial charge in [0.25, 0.3) is 0 Å². The Morgan fingerprint density at radius 1 is 1.00 bits per heavy atom. The maximum atomic E-state index is 12.2. The number of para-hydroxylation sites is 1. The molecule has 104 valence electrons. The van der Waals surface area contributed by atoms with Gasteiger partial charge < -0.3 is 4.90 Å². The van der Waals surface area contributed by atoms with E-state index in [-0.39, 0.29) is 11.8 Å². The maximum absolute atomic E-state index is 12.2. The Bertz CT molecular complexity index is 575. The number of anilines is 1. The second-order valence-corrected chi connectivity index (χ2v) is 5.11. The SMILES string of the molecule is Cc1cccc(C)c1N(Cc1ccccc1)C(=O)CCl. The van der Waals surface area contributed by atoms with Gasteiger partial charge >= 0.3 is 0 Å². The minimum absolute atomic E-state index is 0.0133. The molecule has 0 aliphatic carbocycles. The summed E-state index contributed by atoms with van der Waals surface area (Å²) in [7, 11) is 0. The van der Waals surface area contributed by atoms with Crippen LogP contribution in [-0.2, 0) is 11.3 Å². The summed E-state index contributed by atoms with van der Waals surface area (Å²) < 4.78 is 0. The van der Waals surface area contributed by atoms with Crippen molar-refractivity contribution < 1.29 is 4.79 Å². The molecule has 2 nitrogen and oxygen atoms in total. The molecule has 0 aliphatic rings. The van der Waals surface area contributed by atoms with Gasteiger partial charge in [0.2, 0.25) is 5.91 Å². The van der Waals surface area contributed by atoms with Crippen molar-refractivity contribution >= 4 is 23.2 Å². The van der Waals surface area contributed by atoms with Crippen molar-refractivity contribution in [2.45, 2.75) is 20.4 Å². The largest absolute Gasteiger partial charge is 0.306 e. The standard InChI is InChI=1S/C17H18ClNO/c1-13-7-6-8-14(2)17(13)19(16(20)11-18)12-15-9-4-3-5-10-15/h3-10H,11-12H2,1-2H3. The highest BCUT2D eigenvalue weighted by molar-refractivity contribution is 6.29. The summed E-state index contributed by atoms with van der Waals surface area (Å²) in [5.74, 6) is -0.0893. The van der Waals surface area contributed by atoms with E-state index in [1.165, 1.54) is 0 Å². The van der Waals surface area contributed by atoms with Crippen LogP contribution in [-0.4, -0.2) is 11.8 Å². The van der Waals surface area contributed by atoms with Gasteiger partial charge in [-0.2, -0.15) is 0 Å². The molecule has 0 heterocycles. The molecular weight excluding hydrogens is 270 g/mol. The molecule has 0 fully saturated rings. The van der Waals surface area contributed by atoms with Crippen molar-refractivity contribution in [1.29, 1.82) is 0 Å².